The fraction of sp³-hybridized carbons (Fsp3) is 0.214. The molecule has 1 amide bonds. The highest BCUT2D eigenvalue weighted by Gasteiger charge is 2.38. The van der Waals surface area contributed by atoms with Gasteiger partial charge in [-0.2, -0.15) is 13.2 Å². The molecule has 0 atom stereocenters. The molecule has 0 bridgehead atoms. The van der Waals surface area contributed by atoms with Crippen LogP contribution in [0.1, 0.15) is 5.56 Å². The summed E-state index contributed by atoms with van der Waals surface area (Å²) >= 11 is 3.34. The minimum atomic E-state index is -4.83. The molecule has 1 heterocycles. The van der Waals surface area contributed by atoms with Gasteiger partial charge in [0, 0.05) is 22.9 Å². The number of H-pyrrole nitrogens is 1. The highest BCUT2D eigenvalue weighted by atomic mass is 79.9. The predicted molar refractivity (Wildman–Crippen MR) is 76.7 cm³/mol. The van der Waals surface area contributed by atoms with Crippen LogP contribution in [0.4, 0.5) is 13.2 Å². The van der Waals surface area contributed by atoms with Gasteiger partial charge in [0.25, 0.3) is 0 Å². The van der Waals surface area contributed by atoms with Crippen molar-refractivity contribution in [3.05, 3.63) is 46.6 Å². The first-order chi connectivity index (χ1) is 9.86. The molecule has 2 N–H and O–H groups in total. The van der Waals surface area contributed by atoms with Gasteiger partial charge in [0.05, 0.1) is 0 Å². The molecule has 112 valence electrons. The van der Waals surface area contributed by atoms with Crippen LogP contribution < -0.4 is 5.32 Å². The molecule has 0 aliphatic carbocycles. The lowest BCUT2D eigenvalue weighted by atomic mass is 10.1. The third-order valence-electron chi connectivity index (χ3n) is 2.85. The fourth-order valence-electron chi connectivity index (χ4n) is 1.80. The zero-order chi connectivity index (χ0) is 15.5. The average Bonchev–Trinajstić information content (AvgIpc) is 2.87. The maximum atomic E-state index is 12.0. The number of alkyl halides is 3. The summed E-state index contributed by atoms with van der Waals surface area (Å²) in [5, 5.41) is 1.84. The van der Waals surface area contributed by atoms with Gasteiger partial charge in [-0.1, -0.05) is 28.1 Å². The molecule has 3 nitrogen and oxygen atoms in total. The van der Waals surface area contributed by atoms with Crippen molar-refractivity contribution in [3.8, 4) is 11.3 Å². The van der Waals surface area contributed by atoms with E-state index in [4.69, 9.17) is 0 Å². The molecule has 0 fully saturated rings. The minimum Gasteiger partial charge on any atom is -0.361 e. The zero-order valence-corrected chi connectivity index (χ0v) is 12.4. The van der Waals surface area contributed by atoms with E-state index in [0.29, 0.717) is 6.42 Å². The number of halogens is 4. The number of carbonyl (C=O) groups excluding carboxylic acids is 1. The van der Waals surface area contributed by atoms with Crippen molar-refractivity contribution in [1.82, 2.24) is 10.3 Å². The minimum absolute atomic E-state index is 0.0595. The number of hydrogen-bond acceptors (Lipinski definition) is 1. The van der Waals surface area contributed by atoms with Crippen molar-refractivity contribution in [2.24, 2.45) is 0 Å². The number of nitrogens with one attached hydrogen (secondary N) is 2. The Bertz CT molecular complexity index is 620. The first-order valence-corrected chi connectivity index (χ1v) is 6.94. The van der Waals surface area contributed by atoms with E-state index in [9.17, 15) is 18.0 Å². The van der Waals surface area contributed by atoms with E-state index in [1.165, 1.54) is 0 Å². The lowest BCUT2D eigenvalue weighted by molar-refractivity contribution is -0.173. The van der Waals surface area contributed by atoms with Gasteiger partial charge in [-0.3, -0.25) is 4.79 Å². The second-order valence-corrected chi connectivity index (χ2v) is 5.35. The SMILES string of the molecule is O=C(NCCc1c[nH]c(-c2ccc(Br)cc2)c1)C(F)(F)F. The molecule has 21 heavy (non-hydrogen) atoms. The summed E-state index contributed by atoms with van der Waals surface area (Å²) in [6.45, 7) is -0.0595. The fourth-order valence-corrected chi connectivity index (χ4v) is 2.06. The summed E-state index contributed by atoms with van der Waals surface area (Å²) in [6.07, 6.45) is -2.79. The molecule has 0 spiro atoms. The molecular weight excluding hydrogens is 349 g/mol. The molecule has 0 aliphatic rings. The highest BCUT2D eigenvalue weighted by Crippen LogP contribution is 2.21. The molecule has 0 saturated carbocycles. The Kier molecular flexibility index (Phi) is 4.72. The molecule has 0 aliphatic heterocycles. The van der Waals surface area contributed by atoms with E-state index in [-0.39, 0.29) is 6.54 Å². The van der Waals surface area contributed by atoms with Crippen LogP contribution in [0.15, 0.2) is 41.0 Å². The second kappa shape index (κ2) is 6.34. The monoisotopic (exact) mass is 360 g/mol. The summed E-state index contributed by atoms with van der Waals surface area (Å²) in [6, 6.07) is 9.50. The smallest absolute Gasteiger partial charge is 0.361 e. The number of benzene rings is 1. The van der Waals surface area contributed by atoms with Gasteiger partial charge in [0.2, 0.25) is 0 Å². The Balaban J connectivity index is 1.92. The van der Waals surface area contributed by atoms with Crippen LogP contribution in [0.5, 0.6) is 0 Å². The van der Waals surface area contributed by atoms with E-state index < -0.39 is 12.1 Å². The molecule has 0 unspecified atom stereocenters. The number of amides is 1. The lowest BCUT2D eigenvalue weighted by Crippen LogP contribution is -2.37. The van der Waals surface area contributed by atoms with Crippen LogP contribution in [0, 0.1) is 0 Å². The summed E-state index contributed by atoms with van der Waals surface area (Å²) in [5.74, 6) is -1.91. The standard InChI is InChI=1S/C14H12BrF3N2O/c15-11-3-1-10(2-4-11)12-7-9(8-20-12)5-6-19-13(21)14(16,17)18/h1-4,7-8,20H,5-6H2,(H,19,21). The quantitative estimate of drug-likeness (QED) is 0.858. The van der Waals surface area contributed by atoms with Crippen LogP contribution in [-0.2, 0) is 11.2 Å². The summed E-state index contributed by atoms with van der Waals surface area (Å²) in [5.41, 5.74) is 2.68. The molecule has 2 rings (SSSR count). The van der Waals surface area contributed by atoms with E-state index in [1.54, 1.807) is 6.20 Å². The van der Waals surface area contributed by atoms with Gasteiger partial charge in [0.1, 0.15) is 0 Å². The van der Waals surface area contributed by atoms with Gasteiger partial charge in [-0.05, 0) is 35.7 Å². The lowest BCUT2D eigenvalue weighted by Gasteiger charge is -2.06. The normalized spacial score (nSPS) is 11.4. The van der Waals surface area contributed by atoms with Crippen molar-refractivity contribution in [2.75, 3.05) is 6.54 Å². The first-order valence-electron chi connectivity index (χ1n) is 6.14. The second-order valence-electron chi connectivity index (χ2n) is 4.43. The Morgan fingerprint density at radius 3 is 2.52 bits per heavy atom. The average molecular weight is 361 g/mol. The third kappa shape index (κ3) is 4.35. The van der Waals surface area contributed by atoms with Crippen molar-refractivity contribution in [1.29, 1.82) is 0 Å². The highest BCUT2D eigenvalue weighted by molar-refractivity contribution is 9.10. The predicted octanol–water partition coefficient (Wildman–Crippen LogP) is 3.67. The van der Waals surface area contributed by atoms with Crippen molar-refractivity contribution < 1.29 is 18.0 Å². The topological polar surface area (TPSA) is 44.9 Å². The van der Waals surface area contributed by atoms with Gasteiger partial charge in [-0.15, -0.1) is 0 Å². The largest absolute Gasteiger partial charge is 0.471 e. The van der Waals surface area contributed by atoms with Gasteiger partial charge >= 0.3 is 12.1 Å². The van der Waals surface area contributed by atoms with E-state index in [0.717, 1.165) is 21.3 Å². The number of hydrogen-bond donors (Lipinski definition) is 2. The van der Waals surface area contributed by atoms with Crippen LogP contribution in [0.25, 0.3) is 11.3 Å². The van der Waals surface area contributed by atoms with E-state index in [2.05, 4.69) is 20.9 Å². The van der Waals surface area contributed by atoms with Gasteiger partial charge in [-0.25, -0.2) is 0 Å². The molecule has 1 aromatic carbocycles. The maximum Gasteiger partial charge on any atom is 0.471 e. The summed E-state index contributed by atoms with van der Waals surface area (Å²) < 4.78 is 37.0. The van der Waals surface area contributed by atoms with Crippen LogP contribution in [-0.4, -0.2) is 23.6 Å². The Labute approximate surface area is 127 Å². The van der Waals surface area contributed by atoms with Crippen molar-refractivity contribution >= 4 is 21.8 Å². The Morgan fingerprint density at radius 1 is 1.24 bits per heavy atom. The molecule has 1 aromatic heterocycles. The third-order valence-corrected chi connectivity index (χ3v) is 3.38. The zero-order valence-electron chi connectivity index (χ0n) is 10.8. The van der Waals surface area contributed by atoms with E-state index >= 15 is 0 Å². The molecule has 0 radical (unpaired) electrons. The van der Waals surface area contributed by atoms with Crippen LogP contribution >= 0.6 is 15.9 Å². The van der Waals surface area contributed by atoms with E-state index in [1.807, 2.05) is 35.6 Å². The molecule has 0 saturated heterocycles. The number of aromatic amines is 1. The van der Waals surface area contributed by atoms with Crippen molar-refractivity contribution in [3.63, 3.8) is 0 Å². The Morgan fingerprint density at radius 2 is 1.90 bits per heavy atom. The summed E-state index contributed by atoms with van der Waals surface area (Å²) in [7, 11) is 0. The number of carbonyl (C=O) groups is 1. The maximum absolute atomic E-state index is 12.0. The molecule has 2 aromatic rings. The molecular formula is C14H12BrF3N2O. The van der Waals surface area contributed by atoms with Crippen molar-refractivity contribution in [2.45, 2.75) is 12.6 Å². The first kappa shape index (κ1) is 15.6. The summed E-state index contributed by atoms with van der Waals surface area (Å²) in [4.78, 5) is 13.7. The number of rotatable bonds is 4. The Hall–Kier alpha value is -1.76. The number of aromatic nitrogens is 1. The van der Waals surface area contributed by atoms with Crippen LogP contribution in [0.2, 0.25) is 0 Å². The van der Waals surface area contributed by atoms with Gasteiger partial charge in [0.15, 0.2) is 0 Å². The van der Waals surface area contributed by atoms with Crippen LogP contribution in [0.3, 0.4) is 0 Å². The molecule has 7 heteroatoms. The van der Waals surface area contributed by atoms with Gasteiger partial charge < -0.3 is 10.3 Å².